The minimum absolute atomic E-state index is 0.170. The highest BCUT2D eigenvalue weighted by atomic mass is 32.2. The van der Waals surface area contributed by atoms with E-state index >= 15 is 0 Å². The lowest BCUT2D eigenvalue weighted by atomic mass is 10.0. The number of nitrogens with one attached hydrogen (secondary N) is 1. The minimum Gasteiger partial charge on any atom is -0.390 e. The van der Waals surface area contributed by atoms with Crippen LogP contribution in [0.15, 0.2) is 65.7 Å². The predicted molar refractivity (Wildman–Crippen MR) is 142 cm³/mol. The van der Waals surface area contributed by atoms with Crippen molar-refractivity contribution in [2.75, 3.05) is 25.6 Å². The van der Waals surface area contributed by atoms with Crippen molar-refractivity contribution in [3.63, 3.8) is 0 Å². The van der Waals surface area contributed by atoms with Crippen LogP contribution >= 0.6 is 11.8 Å². The Labute approximate surface area is 214 Å². The number of halogens is 2. The van der Waals surface area contributed by atoms with Gasteiger partial charge in [-0.05, 0) is 60.2 Å². The topological polar surface area (TPSA) is 64.9 Å². The number of amidine groups is 1. The number of thioether (sulfide) groups is 1. The number of carbonyl (C=O) groups is 1. The molecule has 4 rings (SSSR count). The summed E-state index contributed by atoms with van der Waals surface area (Å²) in [4.78, 5) is 19.7. The van der Waals surface area contributed by atoms with Gasteiger partial charge in [0.25, 0.3) is 5.91 Å². The molecule has 0 radical (unpaired) electrons. The Hall–Kier alpha value is -3.23. The summed E-state index contributed by atoms with van der Waals surface area (Å²) in [5.41, 5.74) is 2.82. The summed E-state index contributed by atoms with van der Waals surface area (Å²) in [5.74, 6) is -0.0234. The van der Waals surface area contributed by atoms with Crippen LogP contribution in [0.3, 0.4) is 0 Å². The quantitative estimate of drug-likeness (QED) is 0.332. The number of nitrogens with zero attached hydrogens (tertiary/aromatic N) is 2. The molecule has 1 aliphatic rings. The molecule has 3 aromatic carbocycles. The molecule has 0 saturated carbocycles. The van der Waals surface area contributed by atoms with Crippen LogP contribution in [0.25, 0.3) is 11.1 Å². The maximum absolute atomic E-state index is 14.9. The van der Waals surface area contributed by atoms with Crippen molar-refractivity contribution in [1.29, 1.82) is 0 Å². The highest BCUT2D eigenvalue weighted by Gasteiger charge is 2.33. The van der Waals surface area contributed by atoms with Gasteiger partial charge in [-0.1, -0.05) is 30.3 Å². The summed E-state index contributed by atoms with van der Waals surface area (Å²) in [6.07, 6.45) is 1.60. The van der Waals surface area contributed by atoms with Gasteiger partial charge in [0, 0.05) is 31.3 Å². The Balaban J connectivity index is 1.54. The second-order valence-corrected chi connectivity index (χ2v) is 9.84. The molecule has 1 amide bonds. The van der Waals surface area contributed by atoms with Gasteiger partial charge in [0.15, 0.2) is 0 Å². The fourth-order valence-electron chi connectivity index (χ4n) is 4.29. The first-order chi connectivity index (χ1) is 17.3. The predicted octanol–water partition coefficient (Wildman–Crippen LogP) is 5.36. The van der Waals surface area contributed by atoms with Gasteiger partial charge in [0.05, 0.1) is 23.4 Å². The van der Waals surface area contributed by atoms with Crippen molar-refractivity contribution >= 4 is 29.2 Å². The number of aliphatic imine (C=N–C) groups is 1. The lowest BCUT2D eigenvalue weighted by molar-refractivity contribution is 0.0854. The first kappa shape index (κ1) is 25.9. The van der Waals surface area contributed by atoms with Crippen LogP contribution in [-0.2, 0) is 6.42 Å². The molecule has 0 aromatic heterocycles. The minimum atomic E-state index is -0.839. The van der Waals surface area contributed by atoms with E-state index in [4.69, 9.17) is 4.99 Å². The number of fused-ring (bicyclic) bond motifs is 1. The summed E-state index contributed by atoms with van der Waals surface area (Å²) in [6.45, 7) is 2.81. The van der Waals surface area contributed by atoms with E-state index in [1.807, 2.05) is 32.2 Å². The molecule has 0 saturated heterocycles. The summed E-state index contributed by atoms with van der Waals surface area (Å²) >= 11 is 1.77. The average Bonchev–Trinajstić information content (AvgIpc) is 3.16. The maximum atomic E-state index is 14.9. The Morgan fingerprint density at radius 2 is 1.92 bits per heavy atom. The molecule has 0 bridgehead atoms. The molecule has 0 unspecified atom stereocenters. The average molecular weight is 510 g/mol. The smallest absolute Gasteiger partial charge is 0.254 e. The van der Waals surface area contributed by atoms with Gasteiger partial charge in [0.1, 0.15) is 17.5 Å². The van der Waals surface area contributed by atoms with E-state index in [-0.39, 0.29) is 11.1 Å². The number of aliphatic hydroxyl groups is 1. The van der Waals surface area contributed by atoms with E-state index < -0.39 is 29.7 Å². The van der Waals surface area contributed by atoms with E-state index in [1.54, 1.807) is 30.0 Å². The molecular formula is C28H29F2N3O2S. The SMILES string of the molecule is CSCCN(C)/C(C)=N/c1ccc2c(c1)[C@@H](NC(=O)c1ccc(-c3ccccc3F)cc1F)[C@H](O)C2. The number of aliphatic hydroxyl groups excluding tert-OH is 1. The van der Waals surface area contributed by atoms with E-state index in [9.17, 15) is 18.7 Å². The molecule has 3 aromatic rings. The fourth-order valence-corrected chi connectivity index (χ4v) is 4.75. The normalized spacial score (nSPS) is 17.1. The van der Waals surface area contributed by atoms with Gasteiger partial charge in [-0.25, -0.2) is 13.8 Å². The second-order valence-electron chi connectivity index (χ2n) is 8.85. The first-order valence-corrected chi connectivity index (χ1v) is 13.1. The number of amides is 1. The van der Waals surface area contributed by atoms with Crippen LogP contribution in [0.4, 0.5) is 14.5 Å². The first-order valence-electron chi connectivity index (χ1n) is 11.7. The molecule has 0 heterocycles. The van der Waals surface area contributed by atoms with E-state index in [1.165, 1.54) is 18.2 Å². The Morgan fingerprint density at radius 3 is 2.64 bits per heavy atom. The van der Waals surface area contributed by atoms with Gasteiger partial charge in [-0.2, -0.15) is 11.8 Å². The number of benzene rings is 3. The van der Waals surface area contributed by atoms with Crippen molar-refractivity contribution in [3.05, 3.63) is 89.0 Å². The van der Waals surface area contributed by atoms with Crippen LogP contribution in [0.5, 0.6) is 0 Å². The van der Waals surface area contributed by atoms with Crippen molar-refractivity contribution in [3.8, 4) is 11.1 Å². The lowest BCUT2D eigenvalue weighted by Crippen LogP contribution is -2.34. The van der Waals surface area contributed by atoms with E-state index in [0.29, 0.717) is 12.0 Å². The molecule has 0 fully saturated rings. The summed E-state index contributed by atoms with van der Waals surface area (Å²) in [7, 11) is 1.99. The summed E-state index contributed by atoms with van der Waals surface area (Å²) < 4.78 is 29.0. The van der Waals surface area contributed by atoms with Crippen molar-refractivity contribution < 1.29 is 18.7 Å². The van der Waals surface area contributed by atoms with E-state index in [0.717, 1.165) is 41.0 Å². The monoisotopic (exact) mass is 509 g/mol. The van der Waals surface area contributed by atoms with Crippen LogP contribution < -0.4 is 5.32 Å². The lowest BCUT2D eigenvalue weighted by Gasteiger charge is -2.19. The third-order valence-corrected chi connectivity index (χ3v) is 7.03. The molecule has 0 aliphatic heterocycles. The molecule has 1 aliphatic carbocycles. The number of hydrogen-bond donors (Lipinski definition) is 2. The third-order valence-electron chi connectivity index (χ3n) is 6.44. The molecular weight excluding hydrogens is 480 g/mol. The zero-order valence-electron chi connectivity index (χ0n) is 20.5. The molecule has 188 valence electrons. The highest BCUT2D eigenvalue weighted by molar-refractivity contribution is 7.98. The largest absolute Gasteiger partial charge is 0.390 e. The number of rotatable bonds is 7. The molecule has 8 heteroatoms. The molecule has 2 N–H and O–H groups in total. The highest BCUT2D eigenvalue weighted by Crippen LogP contribution is 2.35. The van der Waals surface area contributed by atoms with Crippen LogP contribution in [0, 0.1) is 11.6 Å². The zero-order chi connectivity index (χ0) is 25.8. The fraction of sp³-hybridized carbons (Fsp3) is 0.286. The summed E-state index contributed by atoms with van der Waals surface area (Å²) in [6, 6.07) is 15.0. The van der Waals surface area contributed by atoms with Gasteiger partial charge in [-0.3, -0.25) is 4.79 Å². The number of hydrogen-bond acceptors (Lipinski definition) is 4. The molecule has 36 heavy (non-hydrogen) atoms. The van der Waals surface area contributed by atoms with Gasteiger partial charge in [-0.15, -0.1) is 0 Å². The maximum Gasteiger partial charge on any atom is 0.254 e. The number of carbonyl (C=O) groups excluding carboxylic acids is 1. The standard InChI is InChI=1S/C28H29F2N3O2S/c1-17(33(2)12-13-36-3)31-20-10-8-19-15-26(34)27(23(19)16-20)32-28(35)22-11-9-18(14-25(22)30)21-6-4-5-7-24(21)29/h4-11,14,16,26-27,34H,12-13,15H2,1-3H3,(H,32,35)/b31-17+/t26-,27-/m1/s1. The van der Waals surface area contributed by atoms with Crippen molar-refractivity contribution in [1.82, 2.24) is 10.2 Å². The Kier molecular flexibility index (Phi) is 8.06. The van der Waals surface area contributed by atoms with Crippen LogP contribution in [0.2, 0.25) is 0 Å². The van der Waals surface area contributed by atoms with Crippen molar-refractivity contribution in [2.45, 2.75) is 25.5 Å². The van der Waals surface area contributed by atoms with E-state index in [2.05, 4.69) is 16.5 Å². The second kappa shape index (κ2) is 11.2. The van der Waals surface area contributed by atoms with Crippen LogP contribution in [-0.4, -0.2) is 53.5 Å². The zero-order valence-corrected chi connectivity index (χ0v) is 21.3. The molecule has 0 spiro atoms. The van der Waals surface area contributed by atoms with Crippen LogP contribution in [0.1, 0.15) is 34.5 Å². The third kappa shape index (κ3) is 5.60. The van der Waals surface area contributed by atoms with Gasteiger partial charge in [0.2, 0.25) is 0 Å². The molecule has 2 atom stereocenters. The van der Waals surface area contributed by atoms with Gasteiger partial charge >= 0.3 is 0 Å². The molecule has 5 nitrogen and oxygen atoms in total. The Morgan fingerprint density at radius 1 is 1.14 bits per heavy atom. The Bertz CT molecular complexity index is 1300. The van der Waals surface area contributed by atoms with Gasteiger partial charge < -0.3 is 15.3 Å². The summed E-state index contributed by atoms with van der Waals surface area (Å²) in [5, 5.41) is 13.4. The van der Waals surface area contributed by atoms with Crippen molar-refractivity contribution in [2.24, 2.45) is 4.99 Å².